The highest BCUT2D eigenvalue weighted by atomic mass is 19.3. The van der Waals surface area contributed by atoms with E-state index < -0.39 is 6.43 Å². The van der Waals surface area contributed by atoms with Gasteiger partial charge in [-0.25, -0.2) is 18.7 Å². The molecule has 0 saturated heterocycles. The fraction of sp³-hybridized carbons (Fsp3) is 0.185. The quantitative estimate of drug-likeness (QED) is 0.359. The predicted octanol–water partition coefficient (Wildman–Crippen LogP) is 4.96. The van der Waals surface area contributed by atoms with Crippen LogP contribution in [0.2, 0.25) is 0 Å². The number of pyridine rings is 2. The number of aromatic nitrogens is 4. The van der Waals surface area contributed by atoms with Crippen molar-refractivity contribution in [2.45, 2.75) is 26.2 Å². The van der Waals surface area contributed by atoms with E-state index in [2.05, 4.69) is 31.0 Å². The predicted molar refractivity (Wildman–Crippen MR) is 135 cm³/mol. The van der Waals surface area contributed by atoms with Gasteiger partial charge in [-0.2, -0.15) is 0 Å². The number of nitrogens with zero attached hydrogens (tertiary/aromatic N) is 4. The molecule has 37 heavy (non-hydrogen) atoms. The van der Waals surface area contributed by atoms with E-state index in [4.69, 9.17) is 4.79 Å². The third-order valence-corrected chi connectivity index (χ3v) is 5.79. The molecule has 3 aromatic heterocycles. The number of anilines is 1. The van der Waals surface area contributed by atoms with Crippen LogP contribution in [0.5, 0.6) is 0 Å². The molecule has 8 nitrogen and oxygen atoms in total. The van der Waals surface area contributed by atoms with E-state index in [0.717, 1.165) is 40.7 Å². The van der Waals surface area contributed by atoms with Gasteiger partial charge in [-0.15, -0.1) is 0 Å². The largest absolute Gasteiger partial charge is 0.372 e. The van der Waals surface area contributed by atoms with Crippen LogP contribution < -0.4 is 11.1 Å². The van der Waals surface area contributed by atoms with E-state index >= 15 is 0 Å². The second-order valence-electron chi connectivity index (χ2n) is 8.45. The third-order valence-electron chi connectivity index (χ3n) is 5.79. The highest BCUT2D eigenvalue weighted by Gasteiger charge is 2.29. The van der Waals surface area contributed by atoms with Gasteiger partial charge in [-0.05, 0) is 66.3 Å². The zero-order valence-corrected chi connectivity index (χ0v) is 19.9. The first-order valence-electron chi connectivity index (χ1n) is 11.5. The van der Waals surface area contributed by atoms with E-state index in [0.29, 0.717) is 17.1 Å². The van der Waals surface area contributed by atoms with Gasteiger partial charge in [0.2, 0.25) is 12.3 Å². The lowest BCUT2D eigenvalue weighted by Crippen LogP contribution is -2.14. The minimum atomic E-state index is -2.63. The van der Waals surface area contributed by atoms with Crippen LogP contribution in [0, 0.1) is 12.8 Å². The Morgan fingerprint density at radius 1 is 1.00 bits per heavy atom. The maximum Gasteiger partial charge on any atom is 0.280 e. The number of carbonyl (C=O) groups is 2. The molecule has 0 bridgehead atoms. The summed E-state index contributed by atoms with van der Waals surface area (Å²) in [4.78, 5) is 37.3. The number of rotatable bonds is 6. The Labute approximate surface area is 212 Å². The average Bonchev–Trinajstić information content (AvgIpc) is 3.76. The fourth-order valence-corrected chi connectivity index (χ4v) is 3.74. The number of amides is 2. The van der Waals surface area contributed by atoms with Gasteiger partial charge in [0.15, 0.2) is 0 Å². The van der Waals surface area contributed by atoms with Crippen LogP contribution in [-0.2, 0) is 9.59 Å². The van der Waals surface area contributed by atoms with E-state index in [1.54, 1.807) is 24.5 Å². The summed E-state index contributed by atoms with van der Waals surface area (Å²) in [6.45, 7) is 1.99. The minimum Gasteiger partial charge on any atom is -0.372 e. The number of carbonyl (C=O) groups excluding carboxylic acids is 2. The molecule has 0 spiro atoms. The van der Waals surface area contributed by atoms with Crippen LogP contribution >= 0.6 is 0 Å². The first-order valence-corrected chi connectivity index (χ1v) is 11.5. The van der Waals surface area contributed by atoms with Gasteiger partial charge in [0.25, 0.3) is 6.43 Å². The number of aryl methyl sites for hydroxylation is 1. The lowest BCUT2D eigenvalue weighted by atomic mass is 9.95. The zero-order valence-electron chi connectivity index (χ0n) is 19.9. The molecule has 5 rings (SSSR count). The van der Waals surface area contributed by atoms with Crippen LogP contribution in [-0.4, -0.2) is 32.3 Å². The summed E-state index contributed by atoms with van der Waals surface area (Å²) in [5.41, 5.74) is 9.61. The number of hydrogen-bond acceptors (Lipinski definition) is 6. The number of nitrogens with one attached hydrogen (secondary N) is 1. The fourth-order valence-electron chi connectivity index (χ4n) is 3.74. The number of primary amides is 1. The molecule has 1 aliphatic carbocycles. The van der Waals surface area contributed by atoms with Gasteiger partial charge >= 0.3 is 0 Å². The molecule has 0 radical (unpaired) electrons. The van der Waals surface area contributed by atoms with Crippen LogP contribution in [0.25, 0.3) is 33.5 Å². The summed E-state index contributed by atoms with van der Waals surface area (Å²) in [6, 6.07) is 12.6. The van der Waals surface area contributed by atoms with Crippen molar-refractivity contribution >= 4 is 18.1 Å². The maximum atomic E-state index is 13.1. The van der Waals surface area contributed by atoms with Gasteiger partial charge in [0.1, 0.15) is 17.8 Å². The van der Waals surface area contributed by atoms with Crippen LogP contribution in [0.4, 0.5) is 14.6 Å². The molecule has 0 atom stereocenters. The van der Waals surface area contributed by atoms with Crippen molar-refractivity contribution in [3.8, 4) is 33.5 Å². The van der Waals surface area contributed by atoms with Crippen molar-refractivity contribution in [3.05, 3.63) is 78.6 Å². The Morgan fingerprint density at radius 3 is 2.46 bits per heavy atom. The Bertz CT molecular complexity index is 1430. The molecule has 3 heterocycles. The normalized spacial score (nSPS) is 12.4. The highest BCUT2D eigenvalue weighted by molar-refractivity contribution is 5.93. The Morgan fingerprint density at radius 2 is 1.73 bits per heavy atom. The molecule has 2 amide bonds. The summed E-state index contributed by atoms with van der Waals surface area (Å²) in [5.74, 6) is 0.518. The third kappa shape index (κ3) is 6.35. The van der Waals surface area contributed by atoms with Gasteiger partial charge in [-0.1, -0.05) is 12.1 Å². The Balaban J connectivity index is 0.00000102. The summed E-state index contributed by atoms with van der Waals surface area (Å²) < 4.78 is 26.2. The van der Waals surface area contributed by atoms with Crippen molar-refractivity contribution in [1.82, 2.24) is 19.9 Å². The van der Waals surface area contributed by atoms with Crippen molar-refractivity contribution in [2.75, 3.05) is 5.32 Å². The SMILES string of the molecule is Cc1ccc(-c2ccnc(C(F)F)c2)cc1-c1cncc(-c2cc(NC(=O)C3CC3)ncn2)c1.NC=O. The first-order chi connectivity index (χ1) is 17.9. The highest BCUT2D eigenvalue weighted by Crippen LogP contribution is 2.33. The number of hydrogen-bond donors (Lipinski definition) is 2. The van der Waals surface area contributed by atoms with Crippen molar-refractivity contribution in [3.63, 3.8) is 0 Å². The van der Waals surface area contributed by atoms with E-state index in [9.17, 15) is 13.6 Å². The van der Waals surface area contributed by atoms with Gasteiger partial charge in [0.05, 0.1) is 5.69 Å². The Kier molecular flexibility index (Phi) is 7.87. The van der Waals surface area contributed by atoms with Crippen LogP contribution in [0.1, 0.15) is 30.5 Å². The lowest BCUT2D eigenvalue weighted by Gasteiger charge is -2.11. The van der Waals surface area contributed by atoms with Gasteiger partial charge < -0.3 is 11.1 Å². The molecule has 1 aromatic carbocycles. The second kappa shape index (κ2) is 11.4. The molecule has 0 unspecified atom stereocenters. The molecule has 188 valence electrons. The van der Waals surface area contributed by atoms with Gasteiger partial charge in [0, 0.05) is 41.7 Å². The number of halogens is 2. The van der Waals surface area contributed by atoms with E-state index in [1.807, 2.05) is 31.2 Å². The molecular formula is C27H24F2N6O2. The Hall–Kier alpha value is -4.60. The van der Waals surface area contributed by atoms with E-state index in [1.165, 1.54) is 18.6 Å². The van der Waals surface area contributed by atoms with Crippen molar-refractivity contribution in [1.29, 1.82) is 0 Å². The maximum absolute atomic E-state index is 13.1. The van der Waals surface area contributed by atoms with E-state index in [-0.39, 0.29) is 23.9 Å². The van der Waals surface area contributed by atoms with Crippen LogP contribution in [0.3, 0.4) is 0 Å². The summed E-state index contributed by atoms with van der Waals surface area (Å²) in [7, 11) is 0. The molecule has 1 aliphatic rings. The van der Waals surface area contributed by atoms with Gasteiger partial charge in [-0.3, -0.25) is 19.6 Å². The molecule has 0 aliphatic heterocycles. The minimum absolute atomic E-state index is 0.0184. The summed E-state index contributed by atoms with van der Waals surface area (Å²) in [6.07, 6.45) is 5.72. The topological polar surface area (TPSA) is 124 Å². The van der Waals surface area contributed by atoms with Crippen molar-refractivity contribution in [2.24, 2.45) is 11.7 Å². The number of nitrogens with two attached hydrogens (primary N) is 1. The smallest absolute Gasteiger partial charge is 0.280 e. The van der Waals surface area contributed by atoms with Crippen molar-refractivity contribution < 1.29 is 18.4 Å². The van der Waals surface area contributed by atoms with Crippen LogP contribution in [0.15, 0.2) is 67.4 Å². The zero-order chi connectivity index (χ0) is 26.4. The summed E-state index contributed by atoms with van der Waals surface area (Å²) >= 11 is 0. The second-order valence-corrected chi connectivity index (χ2v) is 8.45. The average molecular weight is 503 g/mol. The monoisotopic (exact) mass is 502 g/mol. The molecule has 10 heteroatoms. The lowest BCUT2D eigenvalue weighted by molar-refractivity contribution is -0.117. The number of benzene rings is 1. The molecule has 4 aromatic rings. The summed E-state index contributed by atoms with van der Waals surface area (Å²) in [5, 5.41) is 2.84. The molecule has 3 N–H and O–H groups in total. The number of alkyl halides is 2. The first kappa shape index (κ1) is 25.5. The molecule has 1 fully saturated rings. The molecule has 1 saturated carbocycles. The molecular weight excluding hydrogens is 478 g/mol. The standard InChI is InChI=1S/C26H21F2N5O.CH3NO/c1-15-2-3-17(18-6-7-30-23(10-18)25(27)28)9-21(15)19-8-20(13-29-12-19)22-11-24(32-14-31-22)33-26(34)16-4-5-16;2-1-3/h2-3,6-14,16,25H,4-5H2,1H3,(H,31,32,33,34);1H,(H2,2,3).